The molecule has 166 valence electrons. The first kappa shape index (κ1) is 23.3. The molecule has 2 N–H and O–H groups in total. The lowest BCUT2D eigenvalue weighted by Gasteiger charge is -2.11. The van der Waals surface area contributed by atoms with E-state index in [1.165, 1.54) is 24.3 Å². The van der Waals surface area contributed by atoms with E-state index < -0.39 is 21.0 Å². The zero-order chi connectivity index (χ0) is 23.1. The number of aromatic hydroxyl groups is 1. The van der Waals surface area contributed by atoms with Crippen molar-refractivity contribution < 1.29 is 27.9 Å². The Labute approximate surface area is 190 Å². The molecular formula is C23H20ClNO6S. The van der Waals surface area contributed by atoms with E-state index in [0.717, 1.165) is 11.6 Å². The second kappa shape index (κ2) is 10.3. The standard InChI is InChI=1S/C23H20ClNO6S/c24-22(27)12-13-23(28)25-20-14-19(10-11-21(20)26)32(29,30)18-8-6-17(7-9-18)31-15-16-4-2-1-3-5-16/h1-11,14,26H,12-13,15H2,(H,25,28). The summed E-state index contributed by atoms with van der Waals surface area (Å²) in [5.74, 6) is -0.372. The van der Waals surface area contributed by atoms with Gasteiger partial charge in [0.1, 0.15) is 18.1 Å². The number of anilines is 1. The minimum atomic E-state index is -3.92. The average molecular weight is 474 g/mol. The van der Waals surface area contributed by atoms with E-state index in [9.17, 15) is 23.1 Å². The van der Waals surface area contributed by atoms with E-state index >= 15 is 0 Å². The van der Waals surface area contributed by atoms with Crippen LogP contribution in [0.25, 0.3) is 0 Å². The van der Waals surface area contributed by atoms with Gasteiger partial charge in [-0.1, -0.05) is 30.3 Å². The molecule has 0 saturated heterocycles. The number of hydrogen-bond donors (Lipinski definition) is 2. The van der Waals surface area contributed by atoms with E-state index in [1.807, 2.05) is 30.3 Å². The van der Waals surface area contributed by atoms with Crippen LogP contribution in [0.1, 0.15) is 18.4 Å². The van der Waals surface area contributed by atoms with E-state index in [0.29, 0.717) is 12.4 Å². The van der Waals surface area contributed by atoms with Gasteiger partial charge in [-0.25, -0.2) is 8.42 Å². The molecular weight excluding hydrogens is 454 g/mol. The molecule has 0 unspecified atom stereocenters. The summed E-state index contributed by atoms with van der Waals surface area (Å²) in [5, 5.41) is 11.7. The number of benzene rings is 3. The molecule has 3 rings (SSSR count). The van der Waals surface area contributed by atoms with Gasteiger partial charge in [0.2, 0.25) is 21.0 Å². The van der Waals surface area contributed by atoms with Crippen molar-refractivity contribution in [2.45, 2.75) is 29.2 Å². The lowest BCUT2D eigenvalue weighted by molar-refractivity contribution is -0.119. The van der Waals surface area contributed by atoms with Crippen LogP contribution in [0.5, 0.6) is 11.5 Å². The molecule has 0 aromatic heterocycles. The summed E-state index contributed by atoms with van der Waals surface area (Å²) in [7, 11) is -3.92. The van der Waals surface area contributed by atoms with Crippen LogP contribution in [0, 0.1) is 0 Å². The monoisotopic (exact) mass is 473 g/mol. The summed E-state index contributed by atoms with van der Waals surface area (Å²) in [6, 6.07) is 19.1. The predicted molar refractivity (Wildman–Crippen MR) is 119 cm³/mol. The number of phenols is 1. The Bertz CT molecular complexity index is 1210. The van der Waals surface area contributed by atoms with Crippen molar-refractivity contribution >= 4 is 38.3 Å². The van der Waals surface area contributed by atoms with Gasteiger partial charge in [-0.05, 0) is 59.6 Å². The van der Waals surface area contributed by atoms with E-state index in [2.05, 4.69) is 5.32 Å². The van der Waals surface area contributed by atoms with Crippen LogP contribution in [0.15, 0.2) is 82.6 Å². The molecule has 32 heavy (non-hydrogen) atoms. The molecule has 0 heterocycles. The first-order valence-electron chi connectivity index (χ1n) is 9.59. The van der Waals surface area contributed by atoms with Crippen LogP contribution in [0.2, 0.25) is 0 Å². The van der Waals surface area contributed by atoms with Gasteiger partial charge in [0, 0.05) is 12.8 Å². The third-order valence-electron chi connectivity index (χ3n) is 4.48. The lowest BCUT2D eigenvalue weighted by Crippen LogP contribution is -2.13. The number of carbonyl (C=O) groups excluding carboxylic acids is 2. The molecule has 0 radical (unpaired) electrons. The number of halogens is 1. The van der Waals surface area contributed by atoms with E-state index in [4.69, 9.17) is 16.3 Å². The van der Waals surface area contributed by atoms with Crippen molar-refractivity contribution in [3.63, 3.8) is 0 Å². The number of hydrogen-bond acceptors (Lipinski definition) is 6. The maximum Gasteiger partial charge on any atom is 0.224 e. The van der Waals surface area contributed by atoms with Crippen molar-refractivity contribution in [1.29, 1.82) is 0 Å². The van der Waals surface area contributed by atoms with Gasteiger partial charge in [0.15, 0.2) is 0 Å². The van der Waals surface area contributed by atoms with E-state index in [-0.39, 0.29) is 34.1 Å². The van der Waals surface area contributed by atoms with Crippen molar-refractivity contribution in [3.8, 4) is 11.5 Å². The average Bonchev–Trinajstić information content (AvgIpc) is 2.78. The van der Waals surface area contributed by atoms with Crippen LogP contribution in [0.3, 0.4) is 0 Å². The number of rotatable bonds is 9. The normalized spacial score (nSPS) is 11.0. The van der Waals surface area contributed by atoms with Gasteiger partial charge in [-0.15, -0.1) is 0 Å². The Morgan fingerprint density at radius 1 is 0.906 bits per heavy atom. The lowest BCUT2D eigenvalue weighted by atomic mass is 10.2. The Kier molecular flexibility index (Phi) is 7.50. The molecule has 1 amide bonds. The van der Waals surface area contributed by atoms with Gasteiger partial charge in [-0.2, -0.15) is 0 Å². The molecule has 3 aromatic carbocycles. The largest absolute Gasteiger partial charge is 0.506 e. The highest BCUT2D eigenvalue weighted by atomic mass is 35.5. The van der Waals surface area contributed by atoms with Crippen molar-refractivity contribution in [1.82, 2.24) is 0 Å². The fourth-order valence-corrected chi connectivity index (χ4v) is 4.18. The number of ether oxygens (including phenoxy) is 1. The van der Waals surface area contributed by atoms with Crippen LogP contribution in [-0.4, -0.2) is 24.7 Å². The molecule has 0 bridgehead atoms. The molecule has 7 nitrogen and oxygen atoms in total. The number of sulfone groups is 1. The second-order valence-electron chi connectivity index (χ2n) is 6.83. The number of amides is 1. The first-order valence-corrected chi connectivity index (χ1v) is 11.4. The Hall–Kier alpha value is -3.36. The summed E-state index contributed by atoms with van der Waals surface area (Å²) in [6.07, 6.45) is -0.367. The van der Waals surface area contributed by atoms with Crippen LogP contribution in [0.4, 0.5) is 5.69 Å². The quantitative estimate of drug-likeness (QED) is 0.354. The van der Waals surface area contributed by atoms with Gasteiger partial charge in [-0.3, -0.25) is 9.59 Å². The molecule has 0 aliphatic rings. The third kappa shape index (κ3) is 6.09. The molecule has 3 aromatic rings. The van der Waals surface area contributed by atoms with Gasteiger partial charge in [0.25, 0.3) is 0 Å². The van der Waals surface area contributed by atoms with Crippen molar-refractivity contribution in [3.05, 3.63) is 78.4 Å². The Morgan fingerprint density at radius 2 is 1.56 bits per heavy atom. The molecule has 0 fully saturated rings. The Balaban J connectivity index is 1.74. The maximum atomic E-state index is 13.0. The SMILES string of the molecule is O=C(Cl)CCC(=O)Nc1cc(S(=O)(=O)c2ccc(OCc3ccccc3)cc2)ccc1O. The molecule has 0 spiro atoms. The summed E-state index contributed by atoms with van der Waals surface area (Å²) >= 11 is 5.21. The number of carbonyl (C=O) groups is 2. The van der Waals surface area contributed by atoms with Crippen molar-refractivity contribution in [2.75, 3.05) is 5.32 Å². The summed E-state index contributed by atoms with van der Waals surface area (Å²) in [5.41, 5.74) is 0.902. The number of phenolic OH excluding ortho intramolecular Hbond substituents is 1. The molecule has 9 heteroatoms. The zero-order valence-corrected chi connectivity index (χ0v) is 18.4. The highest BCUT2D eigenvalue weighted by Crippen LogP contribution is 2.30. The molecule has 0 atom stereocenters. The topological polar surface area (TPSA) is 110 Å². The van der Waals surface area contributed by atoms with Gasteiger partial charge >= 0.3 is 0 Å². The van der Waals surface area contributed by atoms with Crippen LogP contribution < -0.4 is 10.1 Å². The van der Waals surface area contributed by atoms with Crippen molar-refractivity contribution in [2.24, 2.45) is 0 Å². The van der Waals surface area contributed by atoms with Crippen LogP contribution >= 0.6 is 11.6 Å². The predicted octanol–water partition coefficient (Wildman–Crippen LogP) is 4.29. The highest BCUT2D eigenvalue weighted by Gasteiger charge is 2.20. The number of nitrogens with one attached hydrogen (secondary N) is 1. The van der Waals surface area contributed by atoms with Crippen LogP contribution in [-0.2, 0) is 26.0 Å². The third-order valence-corrected chi connectivity index (χ3v) is 6.44. The highest BCUT2D eigenvalue weighted by molar-refractivity contribution is 7.91. The molecule has 0 saturated carbocycles. The fraction of sp³-hybridized carbons (Fsp3) is 0.130. The zero-order valence-electron chi connectivity index (χ0n) is 16.8. The Morgan fingerprint density at radius 3 is 2.22 bits per heavy atom. The summed E-state index contributed by atoms with van der Waals surface area (Å²) in [6.45, 7) is 0.350. The minimum Gasteiger partial charge on any atom is -0.506 e. The molecule has 0 aliphatic carbocycles. The second-order valence-corrected chi connectivity index (χ2v) is 9.20. The smallest absolute Gasteiger partial charge is 0.224 e. The summed E-state index contributed by atoms with van der Waals surface area (Å²) < 4.78 is 31.7. The summed E-state index contributed by atoms with van der Waals surface area (Å²) in [4.78, 5) is 22.6. The first-order chi connectivity index (χ1) is 15.3. The van der Waals surface area contributed by atoms with Gasteiger partial charge in [0.05, 0.1) is 15.5 Å². The molecule has 0 aliphatic heterocycles. The minimum absolute atomic E-state index is 0.0280. The fourth-order valence-electron chi connectivity index (χ4n) is 2.80. The maximum absolute atomic E-state index is 13.0. The van der Waals surface area contributed by atoms with Gasteiger partial charge < -0.3 is 15.2 Å². The van der Waals surface area contributed by atoms with E-state index in [1.54, 1.807) is 12.1 Å².